The molecule has 90 valence electrons. The standard InChI is InChI=1S/C11H11O5P/c1-14-17(13,15-2)16-10-7-8-5-3-4-6-9(8)11(10)12/h3-7H,1-2H3. The van der Waals surface area contributed by atoms with Crippen LogP contribution in [0.5, 0.6) is 0 Å². The fourth-order valence-electron chi connectivity index (χ4n) is 1.51. The molecule has 0 saturated heterocycles. The zero-order chi connectivity index (χ0) is 12.5. The quantitative estimate of drug-likeness (QED) is 0.773. The van der Waals surface area contributed by atoms with Crippen LogP contribution in [0.25, 0.3) is 6.08 Å². The molecule has 0 amide bonds. The van der Waals surface area contributed by atoms with E-state index in [2.05, 4.69) is 9.05 Å². The van der Waals surface area contributed by atoms with Crippen LogP contribution in [0.2, 0.25) is 0 Å². The normalized spacial score (nSPS) is 14.5. The van der Waals surface area contributed by atoms with Gasteiger partial charge in [0.1, 0.15) is 0 Å². The molecule has 2 rings (SSSR count). The second-order valence-corrected chi connectivity index (χ2v) is 5.14. The van der Waals surface area contributed by atoms with Gasteiger partial charge >= 0.3 is 7.82 Å². The van der Waals surface area contributed by atoms with Crippen molar-refractivity contribution in [2.45, 2.75) is 0 Å². The molecule has 0 heterocycles. The third-order valence-corrected chi connectivity index (χ3v) is 3.69. The van der Waals surface area contributed by atoms with Crippen LogP contribution < -0.4 is 0 Å². The van der Waals surface area contributed by atoms with Crippen LogP contribution in [0.1, 0.15) is 15.9 Å². The summed E-state index contributed by atoms with van der Waals surface area (Å²) in [6.45, 7) is 0. The summed E-state index contributed by atoms with van der Waals surface area (Å²) < 4.78 is 26.0. The van der Waals surface area contributed by atoms with Gasteiger partial charge in [-0.3, -0.25) is 13.8 Å². The molecule has 5 nitrogen and oxygen atoms in total. The first-order valence-electron chi connectivity index (χ1n) is 4.86. The molecule has 0 aromatic heterocycles. The highest BCUT2D eigenvalue weighted by atomic mass is 31.2. The summed E-state index contributed by atoms with van der Waals surface area (Å²) >= 11 is 0. The Kier molecular flexibility index (Phi) is 3.15. The first-order valence-corrected chi connectivity index (χ1v) is 6.32. The van der Waals surface area contributed by atoms with Crippen molar-refractivity contribution in [3.05, 3.63) is 41.2 Å². The van der Waals surface area contributed by atoms with E-state index < -0.39 is 7.82 Å². The Morgan fingerprint density at radius 1 is 1.12 bits per heavy atom. The summed E-state index contributed by atoms with van der Waals surface area (Å²) in [7, 11) is -1.30. The van der Waals surface area contributed by atoms with Crippen molar-refractivity contribution in [3.8, 4) is 0 Å². The Labute approximate surface area is 98.6 Å². The second-order valence-electron chi connectivity index (χ2n) is 3.33. The molecule has 1 aromatic carbocycles. The Morgan fingerprint density at radius 2 is 1.76 bits per heavy atom. The summed E-state index contributed by atoms with van der Waals surface area (Å²) in [4.78, 5) is 11.9. The van der Waals surface area contributed by atoms with Gasteiger partial charge in [-0.2, -0.15) is 0 Å². The molecular weight excluding hydrogens is 243 g/mol. The van der Waals surface area contributed by atoms with Crippen LogP contribution in [-0.4, -0.2) is 20.0 Å². The Bertz CT molecular complexity index is 526. The van der Waals surface area contributed by atoms with E-state index in [0.29, 0.717) is 5.56 Å². The van der Waals surface area contributed by atoms with E-state index in [4.69, 9.17) is 4.52 Å². The van der Waals surface area contributed by atoms with Gasteiger partial charge in [-0.15, -0.1) is 0 Å². The number of phosphoric ester groups is 1. The van der Waals surface area contributed by atoms with Gasteiger partial charge in [-0.1, -0.05) is 24.3 Å². The van der Waals surface area contributed by atoms with Gasteiger partial charge in [0.2, 0.25) is 5.78 Å². The number of carbonyl (C=O) groups excluding carboxylic acids is 1. The van der Waals surface area contributed by atoms with Crippen molar-refractivity contribution in [3.63, 3.8) is 0 Å². The lowest BCUT2D eigenvalue weighted by atomic mass is 10.1. The number of hydrogen-bond acceptors (Lipinski definition) is 5. The molecule has 0 atom stereocenters. The number of hydrogen-bond donors (Lipinski definition) is 0. The molecule has 0 aliphatic heterocycles. The second kappa shape index (κ2) is 4.45. The minimum atomic E-state index is -3.69. The summed E-state index contributed by atoms with van der Waals surface area (Å²) in [5, 5.41) is 0. The van der Waals surface area contributed by atoms with Crippen molar-refractivity contribution in [2.24, 2.45) is 0 Å². The Morgan fingerprint density at radius 3 is 2.35 bits per heavy atom. The molecule has 1 aromatic rings. The van der Waals surface area contributed by atoms with Gasteiger partial charge in [0, 0.05) is 19.8 Å². The smallest absolute Gasteiger partial charge is 0.400 e. The van der Waals surface area contributed by atoms with E-state index in [0.717, 1.165) is 5.56 Å². The summed E-state index contributed by atoms with van der Waals surface area (Å²) in [6.07, 6.45) is 1.52. The molecule has 0 bridgehead atoms. The first-order chi connectivity index (χ1) is 8.09. The zero-order valence-electron chi connectivity index (χ0n) is 9.38. The molecule has 17 heavy (non-hydrogen) atoms. The Hall–Kier alpha value is -1.42. The maximum absolute atomic E-state index is 11.9. The number of fused-ring (bicyclic) bond motifs is 1. The van der Waals surface area contributed by atoms with Crippen molar-refractivity contribution in [1.82, 2.24) is 0 Å². The van der Waals surface area contributed by atoms with E-state index in [9.17, 15) is 9.36 Å². The van der Waals surface area contributed by atoms with Crippen LogP contribution in [0.4, 0.5) is 0 Å². The molecule has 0 saturated carbocycles. The van der Waals surface area contributed by atoms with Crippen molar-refractivity contribution in [1.29, 1.82) is 0 Å². The van der Waals surface area contributed by atoms with Gasteiger partial charge in [-0.25, -0.2) is 4.57 Å². The van der Waals surface area contributed by atoms with E-state index in [-0.39, 0.29) is 11.5 Å². The van der Waals surface area contributed by atoms with Crippen molar-refractivity contribution in [2.75, 3.05) is 14.2 Å². The van der Waals surface area contributed by atoms with Crippen LogP contribution in [0.3, 0.4) is 0 Å². The number of phosphoric acid groups is 1. The average Bonchev–Trinajstić information content (AvgIpc) is 2.67. The highest BCUT2D eigenvalue weighted by Crippen LogP contribution is 2.51. The van der Waals surface area contributed by atoms with Crippen LogP contribution >= 0.6 is 7.82 Å². The summed E-state index contributed by atoms with van der Waals surface area (Å²) in [6, 6.07) is 7.00. The topological polar surface area (TPSA) is 61.8 Å². The molecule has 0 spiro atoms. The van der Waals surface area contributed by atoms with E-state index in [1.54, 1.807) is 24.3 Å². The van der Waals surface area contributed by atoms with Gasteiger partial charge in [0.25, 0.3) is 0 Å². The minimum absolute atomic E-state index is 0.0294. The van der Waals surface area contributed by atoms with Gasteiger partial charge < -0.3 is 4.52 Å². The van der Waals surface area contributed by atoms with E-state index in [1.807, 2.05) is 0 Å². The summed E-state index contributed by atoms with van der Waals surface area (Å²) in [5.74, 6) is -0.354. The fourth-order valence-corrected chi connectivity index (χ4v) is 2.18. The predicted molar refractivity (Wildman–Crippen MR) is 61.5 cm³/mol. The number of rotatable bonds is 4. The third-order valence-electron chi connectivity index (χ3n) is 2.37. The van der Waals surface area contributed by atoms with Gasteiger partial charge in [0.05, 0.1) is 0 Å². The number of carbonyl (C=O) groups is 1. The zero-order valence-corrected chi connectivity index (χ0v) is 10.3. The fraction of sp³-hybridized carbons (Fsp3) is 0.182. The number of Topliss-reactive ketones (excluding diaryl/α,β-unsaturated/α-hetero) is 1. The maximum Gasteiger partial charge on any atom is 0.529 e. The molecule has 0 unspecified atom stereocenters. The molecule has 0 N–H and O–H groups in total. The monoisotopic (exact) mass is 254 g/mol. The lowest BCUT2D eigenvalue weighted by Crippen LogP contribution is -2.03. The predicted octanol–water partition coefficient (Wildman–Crippen LogP) is 2.64. The lowest BCUT2D eigenvalue weighted by Gasteiger charge is -2.13. The highest BCUT2D eigenvalue weighted by molar-refractivity contribution is 7.48. The molecule has 0 radical (unpaired) electrons. The molecule has 1 aliphatic carbocycles. The largest absolute Gasteiger partial charge is 0.529 e. The SMILES string of the molecule is COP(=O)(OC)OC1=Cc2ccccc2C1=O. The third kappa shape index (κ3) is 2.17. The van der Waals surface area contributed by atoms with Crippen molar-refractivity contribution < 1.29 is 22.9 Å². The molecular formula is C11H11O5P. The lowest BCUT2D eigenvalue weighted by molar-refractivity contribution is 0.0962. The minimum Gasteiger partial charge on any atom is -0.400 e. The molecule has 0 fully saturated rings. The van der Waals surface area contributed by atoms with Gasteiger partial charge in [-0.05, 0) is 11.6 Å². The number of ketones is 1. The van der Waals surface area contributed by atoms with Crippen LogP contribution in [0, 0.1) is 0 Å². The summed E-state index contributed by atoms with van der Waals surface area (Å²) in [5.41, 5.74) is 1.24. The maximum atomic E-state index is 11.9. The number of allylic oxidation sites excluding steroid dienone is 1. The average molecular weight is 254 g/mol. The van der Waals surface area contributed by atoms with Crippen LogP contribution in [-0.2, 0) is 18.1 Å². The molecule has 6 heteroatoms. The van der Waals surface area contributed by atoms with Gasteiger partial charge in [0.15, 0.2) is 5.76 Å². The Balaban J connectivity index is 2.28. The van der Waals surface area contributed by atoms with E-state index >= 15 is 0 Å². The molecule has 1 aliphatic rings. The highest BCUT2D eigenvalue weighted by Gasteiger charge is 2.32. The van der Waals surface area contributed by atoms with Crippen LogP contribution in [0.15, 0.2) is 30.0 Å². The van der Waals surface area contributed by atoms with Crippen molar-refractivity contribution >= 4 is 19.7 Å². The van der Waals surface area contributed by atoms with E-state index in [1.165, 1.54) is 20.3 Å². The number of benzene rings is 1. The first kappa shape index (κ1) is 12.0.